The lowest BCUT2D eigenvalue weighted by Crippen LogP contribution is -2.14. The van der Waals surface area contributed by atoms with E-state index in [9.17, 15) is 9.59 Å². The Morgan fingerprint density at radius 1 is 1.25 bits per heavy atom. The van der Waals surface area contributed by atoms with Gasteiger partial charge in [0.25, 0.3) is 5.91 Å². The molecule has 0 fully saturated rings. The minimum Gasteiger partial charge on any atom is -0.325 e. The van der Waals surface area contributed by atoms with Crippen LogP contribution < -0.4 is 10.6 Å². The molecule has 2 amide bonds. The number of aromatic nitrogens is 2. The van der Waals surface area contributed by atoms with Gasteiger partial charge in [-0.15, -0.1) is 0 Å². The van der Waals surface area contributed by atoms with Crippen molar-refractivity contribution in [3.63, 3.8) is 0 Å². The monoisotopic (exact) mass is 348 g/mol. The van der Waals surface area contributed by atoms with Crippen LogP contribution in [0.3, 0.4) is 0 Å². The molecule has 1 aromatic carbocycles. The SMILES string of the molecule is CCCn1ncc(C(=O)Nc2ccc(NC(=O)CC)c(Cl)c2)c1C. The van der Waals surface area contributed by atoms with Crippen LogP contribution in [0.4, 0.5) is 11.4 Å². The molecule has 7 heteroatoms. The van der Waals surface area contributed by atoms with Crippen molar-refractivity contribution in [1.82, 2.24) is 9.78 Å². The van der Waals surface area contributed by atoms with Crippen LogP contribution in [0.5, 0.6) is 0 Å². The van der Waals surface area contributed by atoms with E-state index < -0.39 is 0 Å². The second-order valence-corrected chi connectivity index (χ2v) is 5.82. The largest absolute Gasteiger partial charge is 0.325 e. The molecule has 24 heavy (non-hydrogen) atoms. The minimum absolute atomic E-state index is 0.118. The summed E-state index contributed by atoms with van der Waals surface area (Å²) in [5.74, 6) is -0.357. The van der Waals surface area contributed by atoms with E-state index in [0.29, 0.717) is 28.4 Å². The Morgan fingerprint density at radius 2 is 2.00 bits per heavy atom. The summed E-state index contributed by atoms with van der Waals surface area (Å²) in [7, 11) is 0. The Kier molecular flexibility index (Phi) is 5.98. The third-order valence-corrected chi connectivity index (χ3v) is 3.92. The Morgan fingerprint density at radius 3 is 2.62 bits per heavy atom. The zero-order chi connectivity index (χ0) is 17.7. The van der Waals surface area contributed by atoms with Crippen LogP contribution in [-0.2, 0) is 11.3 Å². The summed E-state index contributed by atoms with van der Waals surface area (Å²) in [6, 6.07) is 4.97. The van der Waals surface area contributed by atoms with Crippen molar-refractivity contribution in [2.24, 2.45) is 0 Å². The molecule has 0 aliphatic rings. The molecule has 1 aromatic heterocycles. The van der Waals surface area contributed by atoms with Gasteiger partial charge in [0, 0.05) is 24.3 Å². The highest BCUT2D eigenvalue weighted by Crippen LogP contribution is 2.26. The van der Waals surface area contributed by atoms with Crippen molar-refractivity contribution in [2.45, 2.75) is 40.2 Å². The molecule has 0 radical (unpaired) electrons. The molecule has 2 N–H and O–H groups in total. The zero-order valence-electron chi connectivity index (χ0n) is 14.0. The fourth-order valence-corrected chi connectivity index (χ4v) is 2.47. The summed E-state index contributed by atoms with van der Waals surface area (Å²) in [4.78, 5) is 23.8. The molecule has 0 aliphatic heterocycles. The van der Waals surface area contributed by atoms with Gasteiger partial charge in [-0.3, -0.25) is 14.3 Å². The van der Waals surface area contributed by atoms with Gasteiger partial charge in [0.15, 0.2) is 0 Å². The van der Waals surface area contributed by atoms with E-state index in [4.69, 9.17) is 11.6 Å². The molecule has 128 valence electrons. The number of hydrogen-bond acceptors (Lipinski definition) is 3. The first-order chi connectivity index (χ1) is 11.5. The number of nitrogens with zero attached hydrogens (tertiary/aromatic N) is 2. The first-order valence-corrected chi connectivity index (χ1v) is 8.27. The lowest BCUT2D eigenvalue weighted by molar-refractivity contribution is -0.115. The molecule has 0 saturated heterocycles. The zero-order valence-corrected chi connectivity index (χ0v) is 14.8. The van der Waals surface area contributed by atoms with Crippen molar-refractivity contribution in [1.29, 1.82) is 0 Å². The van der Waals surface area contributed by atoms with E-state index in [1.807, 2.05) is 11.6 Å². The first kappa shape index (κ1) is 18.0. The van der Waals surface area contributed by atoms with Crippen molar-refractivity contribution >= 4 is 34.8 Å². The predicted octanol–water partition coefficient (Wildman–Crippen LogP) is 3.86. The molecule has 0 aliphatic carbocycles. The highest BCUT2D eigenvalue weighted by atomic mass is 35.5. The number of hydrogen-bond donors (Lipinski definition) is 2. The molecular formula is C17H21ClN4O2. The van der Waals surface area contributed by atoms with E-state index in [1.54, 1.807) is 31.3 Å². The van der Waals surface area contributed by atoms with Gasteiger partial charge in [-0.25, -0.2) is 0 Å². The van der Waals surface area contributed by atoms with Gasteiger partial charge in [0.1, 0.15) is 0 Å². The van der Waals surface area contributed by atoms with Crippen LogP contribution in [0.15, 0.2) is 24.4 Å². The van der Waals surface area contributed by atoms with Crippen LogP contribution in [0.25, 0.3) is 0 Å². The molecule has 0 bridgehead atoms. The molecule has 6 nitrogen and oxygen atoms in total. The lowest BCUT2D eigenvalue weighted by Gasteiger charge is -2.10. The van der Waals surface area contributed by atoms with Gasteiger partial charge in [-0.2, -0.15) is 5.10 Å². The molecule has 1 heterocycles. The van der Waals surface area contributed by atoms with Crippen molar-refractivity contribution in [3.8, 4) is 0 Å². The number of halogens is 1. The second-order valence-electron chi connectivity index (χ2n) is 5.42. The minimum atomic E-state index is -0.240. The lowest BCUT2D eigenvalue weighted by atomic mass is 10.2. The van der Waals surface area contributed by atoms with Gasteiger partial charge >= 0.3 is 0 Å². The van der Waals surface area contributed by atoms with Crippen LogP contribution in [0.1, 0.15) is 42.7 Å². The fourth-order valence-electron chi connectivity index (χ4n) is 2.24. The second kappa shape index (κ2) is 7.97. The smallest absolute Gasteiger partial charge is 0.259 e. The van der Waals surface area contributed by atoms with Gasteiger partial charge in [-0.1, -0.05) is 25.4 Å². The average Bonchev–Trinajstić information content (AvgIpc) is 2.91. The van der Waals surface area contributed by atoms with Crippen molar-refractivity contribution < 1.29 is 9.59 Å². The van der Waals surface area contributed by atoms with Gasteiger partial charge in [0.05, 0.1) is 22.5 Å². The number of nitrogens with one attached hydrogen (secondary N) is 2. The molecule has 2 aromatic rings. The van der Waals surface area contributed by atoms with E-state index in [1.165, 1.54) is 0 Å². The van der Waals surface area contributed by atoms with Crippen molar-refractivity contribution in [2.75, 3.05) is 10.6 Å². The van der Waals surface area contributed by atoms with Gasteiger partial charge in [0.2, 0.25) is 5.91 Å². The molecule has 0 saturated carbocycles. The van der Waals surface area contributed by atoms with Crippen molar-refractivity contribution in [3.05, 3.63) is 40.7 Å². The number of amides is 2. The quantitative estimate of drug-likeness (QED) is 0.832. The maximum atomic E-state index is 12.4. The summed E-state index contributed by atoms with van der Waals surface area (Å²) in [5.41, 5.74) is 2.44. The summed E-state index contributed by atoms with van der Waals surface area (Å²) >= 11 is 6.15. The molecule has 0 spiro atoms. The Balaban J connectivity index is 2.12. The van der Waals surface area contributed by atoms with Crippen LogP contribution in [-0.4, -0.2) is 21.6 Å². The molecular weight excluding hydrogens is 328 g/mol. The molecule has 0 atom stereocenters. The summed E-state index contributed by atoms with van der Waals surface area (Å²) in [5, 5.41) is 10.1. The standard InChI is InChI=1S/C17H21ClN4O2/c1-4-8-22-11(3)13(10-19-22)17(24)20-12-6-7-15(14(18)9-12)21-16(23)5-2/h6-7,9-10H,4-5,8H2,1-3H3,(H,20,24)(H,21,23). The maximum absolute atomic E-state index is 12.4. The van der Waals surface area contributed by atoms with Crippen LogP contribution in [0.2, 0.25) is 5.02 Å². The third-order valence-electron chi connectivity index (χ3n) is 3.61. The predicted molar refractivity (Wildman–Crippen MR) is 95.6 cm³/mol. The number of anilines is 2. The first-order valence-electron chi connectivity index (χ1n) is 7.89. The normalized spacial score (nSPS) is 10.5. The van der Waals surface area contributed by atoms with E-state index in [0.717, 1.165) is 18.7 Å². The van der Waals surface area contributed by atoms with Crippen LogP contribution in [0, 0.1) is 6.92 Å². The summed E-state index contributed by atoms with van der Waals surface area (Å²) in [6.45, 7) is 6.46. The van der Waals surface area contributed by atoms with Gasteiger partial charge < -0.3 is 10.6 Å². The number of carbonyl (C=O) groups is 2. The fraction of sp³-hybridized carbons (Fsp3) is 0.353. The number of carbonyl (C=O) groups excluding carboxylic acids is 2. The number of benzene rings is 1. The molecule has 2 rings (SSSR count). The third kappa shape index (κ3) is 4.14. The van der Waals surface area contributed by atoms with E-state index in [-0.39, 0.29) is 11.8 Å². The Hall–Kier alpha value is -2.34. The average molecular weight is 349 g/mol. The van der Waals surface area contributed by atoms with Crippen LogP contribution >= 0.6 is 11.6 Å². The number of rotatable bonds is 6. The summed E-state index contributed by atoms with van der Waals surface area (Å²) in [6.07, 6.45) is 2.89. The Bertz CT molecular complexity index is 755. The topological polar surface area (TPSA) is 76.0 Å². The maximum Gasteiger partial charge on any atom is 0.259 e. The summed E-state index contributed by atoms with van der Waals surface area (Å²) < 4.78 is 1.81. The number of aryl methyl sites for hydroxylation is 1. The van der Waals surface area contributed by atoms with E-state index >= 15 is 0 Å². The van der Waals surface area contributed by atoms with E-state index in [2.05, 4.69) is 22.7 Å². The van der Waals surface area contributed by atoms with Gasteiger partial charge in [-0.05, 0) is 31.5 Å². The highest BCUT2D eigenvalue weighted by molar-refractivity contribution is 6.34. The highest BCUT2D eigenvalue weighted by Gasteiger charge is 2.15. The Labute approximate surface area is 146 Å². The molecule has 0 unspecified atom stereocenters.